The van der Waals surface area contributed by atoms with Crippen molar-refractivity contribution in [3.05, 3.63) is 70.8 Å². The second-order valence-corrected chi connectivity index (χ2v) is 11.1. The van der Waals surface area contributed by atoms with Crippen LogP contribution in [0, 0.1) is 0 Å². The zero-order valence-corrected chi connectivity index (χ0v) is 24.7. The summed E-state index contributed by atoms with van der Waals surface area (Å²) in [6.07, 6.45) is 1.62. The number of ketones is 2. The Kier molecular flexibility index (Phi) is 13.1. The average molecular weight is 586 g/mol. The minimum atomic E-state index is -1.50. The van der Waals surface area contributed by atoms with E-state index < -0.39 is 35.0 Å². The first-order valence-corrected chi connectivity index (χ1v) is 14.0. The van der Waals surface area contributed by atoms with E-state index in [4.69, 9.17) is 9.84 Å². The fourth-order valence-electron chi connectivity index (χ4n) is 4.18. The molecule has 0 aliphatic heterocycles. The molecule has 2 aromatic rings. The monoisotopic (exact) mass is 585 g/mol. The molecule has 11 nitrogen and oxygen atoms in total. The highest BCUT2D eigenvalue weighted by molar-refractivity contribution is 6.02. The first-order valence-electron chi connectivity index (χ1n) is 14.0. The summed E-state index contributed by atoms with van der Waals surface area (Å²) >= 11 is 0. The van der Waals surface area contributed by atoms with Gasteiger partial charge < -0.3 is 36.0 Å². The number of benzene rings is 2. The number of unbranched alkanes of at least 4 members (excludes halogenated alkanes) is 3. The van der Waals surface area contributed by atoms with Crippen molar-refractivity contribution in [3.63, 3.8) is 0 Å². The molecule has 2 rings (SSSR count). The van der Waals surface area contributed by atoms with Crippen molar-refractivity contribution in [2.75, 3.05) is 26.2 Å². The Morgan fingerprint density at radius 2 is 1.12 bits per heavy atom. The Balaban J connectivity index is 1.97. The summed E-state index contributed by atoms with van der Waals surface area (Å²) in [5.74, 6) is -0.801. The van der Waals surface area contributed by atoms with Crippen LogP contribution >= 0.6 is 0 Å². The molecule has 2 amide bonds. The molecule has 11 heteroatoms. The summed E-state index contributed by atoms with van der Waals surface area (Å²) in [6.45, 7) is 6.99. The average Bonchev–Trinajstić information content (AvgIpc) is 2.93. The van der Waals surface area contributed by atoms with E-state index in [1.54, 1.807) is 48.5 Å². The molecule has 230 valence electrons. The van der Waals surface area contributed by atoms with Crippen LogP contribution in [0.3, 0.4) is 0 Å². The van der Waals surface area contributed by atoms with E-state index >= 15 is 0 Å². The Labute approximate surface area is 246 Å². The van der Waals surface area contributed by atoms with Crippen LogP contribution in [0.15, 0.2) is 48.5 Å². The van der Waals surface area contributed by atoms with Crippen molar-refractivity contribution < 1.29 is 39.2 Å². The summed E-state index contributed by atoms with van der Waals surface area (Å²) in [6, 6.07) is 13.3. The number of hydrogen-bond acceptors (Lipinski definition) is 8. The molecule has 2 aromatic carbocycles. The molecule has 0 heterocycles. The summed E-state index contributed by atoms with van der Waals surface area (Å²) in [5, 5.41) is 37.0. The smallest absolute Gasteiger partial charge is 0.407 e. The molecular formula is C31H43N3O8. The normalized spacial score (nSPS) is 11.7. The van der Waals surface area contributed by atoms with E-state index in [1.165, 1.54) is 27.7 Å². The molecule has 42 heavy (non-hydrogen) atoms. The second-order valence-electron chi connectivity index (χ2n) is 11.1. The van der Waals surface area contributed by atoms with Crippen LogP contribution in [-0.4, -0.2) is 76.5 Å². The number of amides is 2. The highest BCUT2D eigenvalue weighted by Crippen LogP contribution is 2.25. The summed E-state index contributed by atoms with van der Waals surface area (Å²) in [4.78, 5) is 47.4. The number of rotatable bonds is 17. The van der Waals surface area contributed by atoms with Crippen molar-refractivity contribution in [2.45, 2.75) is 70.6 Å². The number of carbonyl (C=O) groups excluding carboxylic acids is 3. The summed E-state index contributed by atoms with van der Waals surface area (Å²) in [5.41, 5.74) is -0.640. The number of hydrogen-bond donors (Lipinski definition) is 6. The van der Waals surface area contributed by atoms with Gasteiger partial charge >= 0.3 is 12.2 Å². The molecule has 0 aromatic heterocycles. The van der Waals surface area contributed by atoms with Crippen LogP contribution in [0.5, 0.6) is 0 Å². The highest BCUT2D eigenvalue weighted by Gasteiger charge is 2.27. The number of nitrogens with one attached hydrogen (secondary N) is 3. The Bertz CT molecular complexity index is 1110. The predicted octanol–water partition coefficient (Wildman–Crippen LogP) is 3.83. The molecule has 0 saturated carbocycles. The Hall–Kier alpha value is -3.80. The van der Waals surface area contributed by atoms with Gasteiger partial charge in [0.1, 0.15) is 17.8 Å². The maximum atomic E-state index is 12.5. The van der Waals surface area contributed by atoms with Crippen LogP contribution in [-0.2, 0) is 4.74 Å². The molecule has 6 N–H and O–H groups in total. The molecule has 0 aliphatic rings. The lowest BCUT2D eigenvalue weighted by molar-refractivity contribution is 0.0487. The van der Waals surface area contributed by atoms with Crippen molar-refractivity contribution in [1.29, 1.82) is 0 Å². The molecule has 0 bridgehead atoms. The summed E-state index contributed by atoms with van der Waals surface area (Å²) in [7, 11) is 0. The van der Waals surface area contributed by atoms with Gasteiger partial charge in [-0.2, -0.15) is 0 Å². The molecule has 0 aliphatic carbocycles. The molecule has 0 fully saturated rings. The number of ether oxygens (including phenoxy) is 1. The lowest BCUT2D eigenvalue weighted by atomic mass is 9.91. The number of alkyl carbamates (subject to hydrolysis) is 1. The maximum Gasteiger partial charge on any atom is 0.407 e. The fraction of sp³-hybridized carbons (Fsp3) is 0.484. The van der Waals surface area contributed by atoms with Crippen molar-refractivity contribution in [2.24, 2.45) is 0 Å². The van der Waals surface area contributed by atoms with E-state index in [9.17, 15) is 29.4 Å². The van der Waals surface area contributed by atoms with Crippen molar-refractivity contribution >= 4 is 23.8 Å². The third kappa shape index (κ3) is 11.6. The minimum absolute atomic E-state index is 0.0910. The highest BCUT2D eigenvalue weighted by atomic mass is 16.5. The third-order valence-corrected chi connectivity index (χ3v) is 6.46. The summed E-state index contributed by atoms with van der Waals surface area (Å²) < 4.78 is 5.28. The lowest BCUT2D eigenvalue weighted by Crippen LogP contribution is -2.32. The molecule has 0 radical (unpaired) electrons. The minimum Gasteiger partial charge on any atom is -0.465 e. The molecule has 0 spiro atoms. The van der Waals surface area contributed by atoms with Crippen LogP contribution in [0.2, 0.25) is 0 Å². The van der Waals surface area contributed by atoms with Gasteiger partial charge in [-0.05, 0) is 51.7 Å². The number of Topliss-reactive ketones (excluding diaryl/α,β-unsaturated/α-hetero) is 2. The van der Waals surface area contributed by atoms with Gasteiger partial charge in [0.05, 0.1) is 6.04 Å². The van der Waals surface area contributed by atoms with Gasteiger partial charge in [0, 0.05) is 30.8 Å². The topological polar surface area (TPSA) is 174 Å². The fourth-order valence-corrected chi connectivity index (χ4v) is 4.18. The third-order valence-electron chi connectivity index (χ3n) is 6.46. The van der Waals surface area contributed by atoms with Gasteiger partial charge in [0.25, 0.3) is 0 Å². The van der Waals surface area contributed by atoms with Crippen LogP contribution in [0.25, 0.3) is 0 Å². The van der Waals surface area contributed by atoms with Gasteiger partial charge in [0.15, 0.2) is 11.6 Å². The van der Waals surface area contributed by atoms with Gasteiger partial charge in [-0.25, -0.2) is 9.59 Å². The molecule has 0 atom stereocenters. The van der Waals surface area contributed by atoms with E-state index in [0.29, 0.717) is 30.8 Å². The number of carboxylic acid groups (broad SMARTS) is 1. The quantitative estimate of drug-likeness (QED) is 0.119. The van der Waals surface area contributed by atoms with Gasteiger partial charge in [-0.15, -0.1) is 0 Å². The number of aliphatic hydroxyl groups is 2. The predicted molar refractivity (Wildman–Crippen MR) is 158 cm³/mol. The van der Waals surface area contributed by atoms with Gasteiger partial charge in [-0.3, -0.25) is 9.59 Å². The molecule has 0 unspecified atom stereocenters. The zero-order valence-electron chi connectivity index (χ0n) is 24.7. The van der Waals surface area contributed by atoms with E-state index in [2.05, 4.69) is 16.0 Å². The van der Waals surface area contributed by atoms with Gasteiger partial charge in [0.2, 0.25) is 0 Å². The molecular weight excluding hydrogens is 542 g/mol. The Morgan fingerprint density at radius 1 is 0.690 bits per heavy atom. The van der Waals surface area contributed by atoms with Crippen LogP contribution in [0.4, 0.5) is 9.59 Å². The first-order chi connectivity index (χ1) is 19.7. The van der Waals surface area contributed by atoms with Gasteiger partial charge in [-0.1, -0.05) is 61.4 Å². The van der Waals surface area contributed by atoms with E-state index in [0.717, 1.165) is 36.8 Å². The van der Waals surface area contributed by atoms with Crippen molar-refractivity contribution in [1.82, 2.24) is 16.0 Å². The standard InChI is InChI=1S/C31H43N3O8/c1-30(2,40)26(35)23-13-9-21(10-14-23)25(22-11-15-24(16-12-22)27(36)31(3,4)41)32-19-20-42-29(39)34-18-8-6-5-7-17-33-28(37)38/h9-16,25,32-33,40-41H,5-8,17-20H2,1-4H3,(H,34,39)(H,37,38). The second kappa shape index (κ2) is 16.0. The van der Waals surface area contributed by atoms with Crippen molar-refractivity contribution in [3.8, 4) is 0 Å². The number of carbonyl (C=O) groups is 4. The molecule has 0 saturated heterocycles. The SMILES string of the molecule is CC(C)(O)C(=O)c1ccc(C(NCCOC(=O)NCCCCCCNC(=O)O)c2ccc(C(=O)C(C)(C)O)cc2)cc1. The first kappa shape index (κ1) is 34.4. The van der Waals surface area contributed by atoms with Crippen LogP contribution in [0.1, 0.15) is 91.3 Å². The van der Waals surface area contributed by atoms with E-state index in [-0.39, 0.29) is 12.6 Å². The lowest BCUT2D eigenvalue weighted by Gasteiger charge is -2.22. The largest absolute Gasteiger partial charge is 0.465 e. The van der Waals surface area contributed by atoms with E-state index in [1.807, 2.05) is 0 Å². The van der Waals surface area contributed by atoms with Crippen LogP contribution < -0.4 is 16.0 Å². The Morgan fingerprint density at radius 3 is 1.52 bits per heavy atom. The zero-order chi connectivity index (χ0) is 31.3. The maximum absolute atomic E-state index is 12.5.